The highest BCUT2D eigenvalue weighted by atomic mass is 35.5. The maximum atomic E-state index is 13.5. The van der Waals surface area contributed by atoms with Crippen molar-refractivity contribution < 1.29 is 14.3 Å². The number of nitrogens with zero attached hydrogens (tertiary/aromatic N) is 1. The standard InChI is InChI=1S/C28H31ClN2O3/c1-20(2)30-28(33)25(17-22-12-5-4-6-13-22)31(18-23-14-8-9-15-24(23)29)27(32)19-34-26-16-10-7-11-21(26)3/h4-16,20,25H,17-19H2,1-3H3,(H,30,33). The molecule has 0 saturated carbocycles. The molecule has 1 atom stereocenters. The monoisotopic (exact) mass is 478 g/mol. The Bertz CT molecular complexity index is 1100. The summed E-state index contributed by atoms with van der Waals surface area (Å²) in [6, 6.07) is 23.8. The third-order valence-corrected chi connectivity index (χ3v) is 5.81. The zero-order valence-corrected chi connectivity index (χ0v) is 20.6. The van der Waals surface area contributed by atoms with Crippen molar-refractivity contribution in [2.75, 3.05) is 6.61 Å². The van der Waals surface area contributed by atoms with E-state index in [1.54, 1.807) is 11.0 Å². The molecular formula is C28H31ClN2O3. The number of aryl methyl sites for hydroxylation is 1. The van der Waals surface area contributed by atoms with Gasteiger partial charge in [-0.2, -0.15) is 0 Å². The molecule has 2 amide bonds. The highest BCUT2D eigenvalue weighted by Gasteiger charge is 2.31. The van der Waals surface area contributed by atoms with Crippen LogP contribution in [0.25, 0.3) is 0 Å². The second kappa shape index (κ2) is 12.2. The van der Waals surface area contributed by atoms with Gasteiger partial charge < -0.3 is 15.0 Å². The molecule has 0 heterocycles. The Morgan fingerprint density at radius 2 is 1.59 bits per heavy atom. The van der Waals surface area contributed by atoms with Gasteiger partial charge in [0.2, 0.25) is 5.91 Å². The second-order valence-corrected chi connectivity index (χ2v) is 8.94. The van der Waals surface area contributed by atoms with Gasteiger partial charge in [-0.1, -0.05) is 78.3 Å². The van der Waals surface area contributed by atoms with E-state index in [-0.39, 0.29) is 31.0 Å². The summed E-state index contributed by atoms with van der Waals surface area (Å²) in [7, 11) is 0. The Morgan fingerprint density at radius 1 is 0.941 bits per heavy atom. The van der Waals surface area contributed by atoms with Gasteiger partial charge >= 0.3 is 0 Å². The molecule has 34 heavy (non-hydrogen) atoms. The molecule has 0 aromatic heterocycles. The van der Waals surface area contributed by atoms with Crippen LogP contribution in [0.15, 0.2) is 78.9 Å². The zero-order chi connectivity index (χ0) is 24.5. The number of para-hydroxylation sites is 1. The zero-order valence-electron chi connectivity index (χ0n) is 19.8. The number of carbonyl (C=O) groups excluding carboxylic acids is 2. The van der Waals surface area contributed by atoms with Gasteiger partial charge in [-0.25, -0.2) is 0 Å². The average Bonchev–Trinajstić information content (AvgIpc) is 2.82. The first-order valence-electron chi connectivity index (χ1n) is 11.4. The molecule has 0 fully saturated rings. The summed E-state index contributed by atoms with van der Waals surface area (Å²) < 4.78 is 5.85. The predicted molar refractivity (Wildman–Crippen MR) is 136 cm³/mol. The molecule has 0 aliphatic rings. The minimum atomic E-state index is -0.728. The number of carbonyl (C=O) groups is 2. The number of amides is 2. The van der Waals surface area contributed by atoms with Gasteiger partial charge in [0.25, 0.3) is 5.91 Å². The van der Waals surface area contributed by atoms with Crippen LogP contribution in [-0.4, -0.2) is 35.4 Å². The molecule has 3 aromatic carbocycles. The van der Waals surface area contributed by atoms with Crippen LogP contribution in [0.1, 0.15) is 30.5 Å². The van der Waals surface area contributed by atoms with E-state index < -0.39 is 6.04 Å². The van der Waals surface area contributed by atoms with E-state index >= 15 is 0 Å². The smallest absolute Gasteiger partial charge is 0.261 e. The van der Waals surface area contributed by atoms with Crippen LogP contribution < -0.4 is 10.1 Å². The Balaban J connectivity index is 1.93. The van der Waals surface area contributed by atoms with Crippen LogP contribution in [0.2, 0.25) is 5.02 Å². The highest BCUT2D eigenvalue weighted by Crippen LogP contribution is 2.22. The third-order valence-electron chi connectivity index (χ3n) is 5.45. The molecule has 6 heteroatoms. The fourth-order valence-corrected chi connectivity index (χ4v) is 3.88. The Labute approximate surface area is 206 Å². The summed E-state index contributed by atoms with van der Waals surface area (Å²) >= 11 is 6.43. The van der Waals surface area contributed by atoms with Crippen molar-refractivity contribution in [3.05, 3.63) is 101 Å². The van der Waals surface area contributed by atoms with Crippen LogP contribution in [-0.2, 0) is 22.6 Å². The maximum Gasteiger partial charge on any atom is 0.261 e. The number of halogens is 1. The lowest BCUT2D eigenvalue weighted by Gasteiger charge is -2.32. The van der Waals surface area contributed by atoms with Gasteiger partial charge in [0.05, 0.1) is 0 Å². The molecule has 0 bridgehead atoms. The Kier molecular flexibility index (Phi) is 9.11. The van der Waals surface area contributed by atoms with E-state index in [9.17, 15) is 9.59 Å². The molecule has 178 valence electrons. The normalized spacial score (nSPS) is 11.7. The molecular weight excluding hydrogens is 448 g/mol. The number of rotatable bonds is 10. The summed E-state index contributed by atoms with van der Waals surface area (Å²) in [5.74, 6) is 0.137. The van der Waals surface area contributed by atoms with E-state index in [1.807, 2.05) is 93.6 Å². The van der Waals surface area contributed by atoms with Crippen molar-refractivity contribution in [3.63, 3.8) is 0 Å². The largest absolute Gasteiger partial charge is 0.484 e. The SMILES string of the molecule is Cc1ccccc1OCC(=O)N(Cc1ccccc1Cl)C(Cc1ccccc1)C(=O)NC(C)C. The topological polar surface area (TPSA) is 58.6 Å². The van der Waals surface area contributed by atoms with Crippen LogP contribution in [0.3, 0.4) is 0 Å². The number of ether oxygens (including phenoxy) is 1. The number of hydrogen-bond donors (Lipinski definition) is 1. The van der Waals surface area contributed by atoms with Crippen molar-refractivity contribution in [2.45, 2.75) is 45.8 Å². The van der Waals surface area contributed by atoms with E-state index in [1.165, 1.54) is 0 Å². The molecule has 0 aliphatic carbocycles. The van der Waals surface area contributed by atoms with Crippen molar-refractivity contribution in [1.29, 1.82) is 0 Å². The summed E-state index contributed by atoms with van der Waals surface area (Å²) in [4.78, 5) is 28.4. The molecule has 0 radical (unpaired) electrons. The predicted octanol–water partition coefficient (Wildman–Crippen LogP) is 5.19. The molecule has 0 saturated heterocycles. The van der Waals surface area contributed by atoms with Gasteiger partial charge in [-0.15, -0.1) is 0 Å². The molecule has 5 nitrogen and oxygen atoms in total. The summed E-state index contributed by atoms with van der Waals surface area (Å²) in [6.07, 6.45) is 0.375. The Morgan fingerprint density at radius 3 is 2.26 bits per heavy atom. The van der Waals surface area contributed by atoms with E-state index in [0.717, 1.165) is 16.7 Å². The third kappa shape index (κ3) is 7.09. The van der Waals surface area contributed by atoms with E-state index in [2.05, 4.69) is 5.32 Å². The van der Waals surface area contributed by atoms with Crippen molar-refractivity contribution >= 4 is 23.4 Å². The first-order chi connectivity index (χ1) is 16.3. The molecule has 3 aromatic rings. The lowest BCUT2D eigenvalue weighted by molar-refractivity contribution is -0.143. The van der Waals surface area contributed by atoms with Crippen molar-refractivity contribution in [1.82, 2.24) is 10.2 Å². The van der Waals surface area contributed by atoms with E-state index in [0.29, 0.717) is 17.2 Å². The van der Waals surface area contributed by atoms with Crippen molar-refractivity contribution in [3.8, 4) is 5.75 Å². The van der Waals surface area contributed by atoms with Crippen molar-refractivity contribution in [2.24, 2.45) is 0 Å². The van der Waals surface area contributed by atoms with Gasteiger partial charge in [0, 0.05) is 24.0 Å². The van der Waals surface area contributed by atoms with Gasteiger partial charge in [0.15, 0.2) is 6.61 Å². The fourth-order valence-electron chi connectivity index (χ4n) is 3.69. The summed E-state index contributed by atoms with van der Waals surface area (Å²) in [5.41, 5.74) is 2.67. The van der Waals surface area contributed by atoms with Gasteiger partial charge in [0.1, 0.15) is 11.8 Å². The molecule has 0 aliphatic heterocycles. The number of hydrogen-bond acceptors (Lipinski definition) is 3. The number of nitrogens with one attached hydrogen (secondary N) is 1. The fraction of sp³-hybridized carbons (Fsp3) is 0.286. The molecule has 0 spiro atoms. The first-order valence-corrected chi connectivity index (χ1v) is 11.8. The average molecular weight is 479 g/mol. The van der Waals surface area contributed by atoms with Gasteiger partial charge in [-0.05, 0) is 49.6 Å². The van der Waals surface area contributed by atoms with Crippen LogP contribution >= 0.6 is 11.6 Å². The minimum Gasteiger partial charge on any atom is -0.484 e. The maximum absolute atomic E-state index is 13.5. The molecule has 3 rings (SSSR count). The molecule has 1 unspecified atom stereocenters. The lowest BCUT2D eigenvalue weighted by atomic mass is 10.0. The minimum absolute atomic E-state index is 0.0637. The summed E-state index contributed by atoms with van der Waals surface area (Å²) in [6.45, 7) is 5.74. The lowest BCUT2D eigenvalue weighted by Crippen LogP contribution is -2.52. The summed E-state index contributed by atoms with van der Waals surface area (Å²) in [5, 5.41) is 3.52. The second-order valence-electron chi connectivity index (χ2n) is 8.54. The Hall–Kier alpha value is -3.31. The highest BCUT2D eigenvalue weighted by molar-refractivity contribution is 6.31. The quantitative estimate of drug-likeness (QED) is 0.436. The molecule has 1 N–H and O–H groups in total. The van der Waals surface area contributed by atoms with E-state index in [4.69, 9.17) is 16.3 Å². The van der Waals surface area contributed by atoms with Crippen LogP contribution in [0.5, 0.6) is 5.75 Å². The van der Waals surface area contributed by atoms with Crippen LogP contribution in [0, 0.1) is 6.92 Å². The first kappa shape index (κ1) is 25.3. The number of benzene rings is 3. The van der Waals surface area contributed by atoms with Crippen LogP contribution in [0.4, 0.5) is 0 Å². The van der Waals surface area contributed by atoms with Gasteiger partial charge in [-0.3, -0.25) is 9.59 Å².